The third kappa shape index (κ3) is 4.48. The Labute approximate surface area is 134 Å². The molecule has 0 amide bonds. The molecule has 1 unspecified atom stereocenters. The van der Waals surface area contributed by atoms with E-state index in [4.69, 9.17) is 23.2 Å². The molecular weight excluding hydrogens is 307 g/mol. The minimum atomic E-state index is -0.818. The quantitative estimate of drug-likeness (QED) is 0.859. The largest absolute Gasteiger partial charge is 0.481 e. The highest BCUT2D eigenvalue weighted by Crippen LogP contribution is 2.23. The fourth-order valence-electron chi connectivity index (χ4n) is 2.24. The SMILES string of the molecule is Cc1ccc(CC(Cc2ccc(Cl)cc2)C(=O)O)c(Cl)c1. The van der Waals surface area contributed by atoms with Crippen LogP contribution in [-0.4, -0.2) is 11.1 Å². The lowest BCUT2D eigenvalue weighted by Crippen LogP contribution is -2.19. The van der Waals surface area contributed by atoms with Crippen molar-refractivity contribution >= 4 is 29.2 Å². The Morgan fingerprint density at radius 3 is 2.33 bits per heavy atom. The van der Waals surface area contributed by atoms with Crippen molar-refractivity contribution in [1.29, 1.82) is 0 Å². The van der Waals surface area contributed by atoms with Crippen molar-refractivity contribution in [2.75, 3.05) is 0 Å². The fraction of sp³-hybridized carbons (Fsp3) is 0.235. The van der Waals surface area contributed by atoms with E-state index in [1.807, 2.05) is 37.3 Å². The number of rotatable bonds is 5. The van der Waals surface area contributed by atoms with Crippen molar-refractivity contribution in [3.63, 3.8) is 0 Å². The fourth-order valence-corrected chi connectivity index (χ4v) is 2.67. The average molecular weight is 323 g/mol. The maximum atomic E-state index is 11.5. The van der Waals surface area contributed by atoms with Crippen LogP contribution >= 0.6 is 23.2 Å². The molecule has 21 heavy (non-hydrogen) atoms. The van der Waals surface area contributed by atoms with Crippen LogP contribution in [0.25, 0.3) is 0 Å². The van der Waals surface area contributed by atoms with Crippen LogP contribution in [0.5, 0.6) is 0 Å². The smallest absolute Gasteiger partial charge is 0.307 e. The van der Waals surface area contributed by atoms with E-state index in [1.165, 1.54) is 0 Å². The lowest BCUT2D eigenvalue weighted by molar-refractivity contribution is -0.141. The van der Waals surface area contributed by atoms with Gasteiger partial charge in [-0.2, -0.15) is 0 Å². The van der Waals surface area contributed by atoms with Crippen LogP contribution in [0.1, 0.15) is 16.7 Å². The third-order valence-corrected chi connectivity index (χ3v) is 4.02. The van der Waals surface area contributed by atoms with Crippen LogP contribution in [0.2, 0.25) is 10.0 Å². The molecule has 0 aliphatic heterocycles. The van der Waals surface area contributed by atoms with E-state index in [0.717, 1.165) is 16.7 Å². The molecule has 0 aromatic heterocycles. The molecule has 0 aliphatic carbocycles. The molecule has 4 heteroatoms. The van der Waals surface area contributed by atoms with Crippen LogP contribution in [0, 0.1) is 12.8 Å². The predicted octanol–water partition coefficient (Wildman–Crippen LogP) is 4.79. The number of hydrogen-bond acceptors (Lipinski definition) is 1. The predicted molar refractivity (Wildman–Crippen MR) is 86.2 cm³/mol. The summed E-state index contributed by atoms with van der Waals surface area (Å²) in [5.41, 5.74) is 2.88. The van der Waals surface area contributed by atoms with E-state index in [-0.39, 0.29) is 0 Å². The van der Waals surface area contributed by atoms with E-state index in [2.05, 4.69) is 0 Å². The number of halogens is 2. The Morgan fingerprint density at radius 2 is 1.76 bits per heavy atom. The van der Waals surface area contributed by atoms with Crippen molar-refractivity contribution < 1.29 is 9.90 Å². The molecule has 0 saturated heterocycles. The lowest BCUT2D eigenvalue weighted by atomic mass is 9.92. The van der Waals surface area contributed by atoms with Crippen LogP contribution in [0.4, 0.5) is 0 Å². The Hall–Kier alpha value is -1.51. The van der Waals surface area contributed by atoms with Gasteiger partial charge in [-0.15, -0.1) is 0 Å². The minimum absolute atomic E-state index is 0.414. The van der Waals surface area contributed by atoms with Crippen LogP contribution in [0.15, 0.2) is 42.5 Å². The first kappa shape index (κ1) is 15.9. The summed E-state index contributed by atoms with van der Waals surface area (Å²) in [5, 5.41) is 10.7. The van der Waals surface area contributed by atoms with Crippen LogP contribution in [-0.2, 0) is 17.6 Å². The zero-order valence-corrected chi connectivity index (χ0v) is 13.2. The molecule has 0 fully saturated rings. The van der Waals surface area contributed by atoms with E-state index >= 15 is 0 Å². The monoisotopic (exact) mass is 322 g/mol. The first-order valence-electron chi connectivity index (χ1n) is 6.68. The van der Waals surface area contributed by atoms with Crippen molar-refractivity contribution in [2.45, 2.75) is 19.8 Å². The van der Waals surface area contributed by atoms with Crippen molar-refractivity contribution in [1.82, 2.24) is 0 Å². The molecule has 2 aromatic carbocycles. The van der Waals surface area contributed by atoms with Gasteiger partial charge in [0, 0.05) is 10.0 Å². The van der Waals surface area contributed by atoms with Gasteiger partial charge in [-0.05, 0) is 54.7 Å². The number of aryl methyl sites for hydroxylation is 1. The molecule has 0 saturated carbocycles. The third-order valence-electron chi connectivity index (χ3n) is 3.42. The molecule has 0 aliphatic rings. The Morgan fingerprint density at radius 1 is 1.10 bits per heavy atom. The summed E-state index contributed by atoms with van der Waals surface area (Å²) in [7, 11) is 0. The van der Waals surface area contributed by atoms with Gasteiger partial charge in [0.15, 0.2) is 0 Å². The summed E-state index contributed by atoms with van der Waals surface area (Å²) in [5.74, 6) is -1.33. The number of carbonyl (C=O) groups is 1. The van der Waals surface area contributed by atoms with Gasteiger partial charge in [0.05, 0.1) is 5.92 Å². The maximum Gasteiger partial charge on any atom is 0.307 e. The van der Waals surface area contributed by atoms with E-state index < -0.39 is 11.9 Å². The van der Waals surface area contributed by atoms with E-state index in [9.17, 15) is 9.90 Å². The second-order valence-electron chi connectivity index (χ2n) is 5.16. The Kier molecular flexibility index (Phi) is 5.27. The second kappa shape index (κ2) is 6.97. The Balaban J connectivity index is 2.15. The number of benzene rings is 2. The highest BCUT2D eigenvalue weighted by molar-refractivity contribution is 6.31. The van der Waals surface area contributed by atoms with E-state index in [1.54, 1.807) is 12.1 Å². The molecule has 2 aromatic rings. The molecule has 110 valence electrons. The van der Waals surface area contributed by atoms with Gasteiger partial charge < -0.3 is 5.11 Å². The zero-order valence-electron chi connectivity index (χ0n) is 11.6. The summed E-state index contributed by atoms with van der Waals surface area (Å²) in [6.07, 6.45) is 0.869. The molecule has 2 nitrogen and oxygen atoms in total. The molecule has 0 spiro atoms. The van der Waals surface area contributed by atoms with Gasteiger partial charge in [0.1, 0.15) is 0 Å². The summed E-state index contributed by atoms with van der Waals surface area (Å²) < 4.78 is 0. The summed E-state index contributed by atoms with van der Waals surface area (Å²) in [6, 6.07) is 13.0. The number of aliphatic carboxylic acids is 1. The van der Waals surface area contributed by atoms with E-state index in [0.29, 0.717) is 22.9 Å². The molecule has 0 bridgehead atoms. The molecule has 0 heterocycles. The summed E-state index contributed by atoms with van der Waals surface area (Å²) in [6.45, 7) is 1.96. The summed E-state index contributed by atoms with van der Waals surface area (Å²) >= 11 is 12.0. The first-order chi connectivity index (χ1) is 9.95. The molecule has 1 atom stereocenters. The lowest BCUT2D eigenvalue weighted by Gasteiger charge is -2.14. The molecule has 0 radical (unpaired) electrons. The average Bonchev–Trinajstić information content (AvgIpc) is 2.43. The zero-order chi connectivity index (χ0) is 15.4. The van der Waals surface area contributed by atoms with Gasteiger partial charge in [-0.25, -0.2) is 0 Å². The topological polar surface area (TPSA) is 37.3 Å². The van der Waals surface area contributed by atoms with Crippen LogP contribution in [0.3, 0.4) is 0 Å². The Bertz CT molecular complexity index is 636. The van der Waals surface area contributed by atoms with Gasteiger partial charge in [0.2, 0.25) is 0 Å². The van der Waals surface area contributed by atoms with Crippen molar-refractivity contribution in [3.05, 3.63) is 69.2 Å². The molecular formula is C17H16Cl2O2. The second-order valence-corrected chi connectivity index (χ2v) is 6.01. The highest BCUT2D eigenvalue weighted by Gasteiger charge is 2.20. The van der Waals surface area contributed by atoms with Crippen molar-refractivity contribution in [3.8, 4) is 0 Å². The number of carboxylic acid groups (broad SMARTS) is 1. The standard InChI is InChI=1S/C17H16Cl2O2/c1-11-2-5-13(16(19)8-11)10-14(17(20)21)9-12-3-6-15(18)7-4-12/h2-8,14H,9-10H2,1H3,(H,20,21). The van der Waals surface area contributed by atoms with Gasteiger partial charge >= 0.3 is 5.97 Å². The normalized spacial score (nSPS) is 12.1. The molecule has 2 rings (SSSR count). The highest BCUT2D eigenvalue weighted by atomic mass is 35.5. The van der Waals surface area contributed by atoms with Gasteiger partial charge in [-0.3, -0.25) is 4.79 Å². The minimum Gasteiger partial charge on any atom is -0.481 e. The van der Waals surface area contributed by atoms with Crippen LogP contribution < -0.4 is 0 Å². The number of carboxylic acids is 1. The van der Waals surface area contributed by atoms with Gasteiger partial charge in [0.25, 0.3) is 0 Å². The summed E-state index contributed by atoms with van der Waals surface area (Å²) in [4.78, 5) is 11.5. The molecule has 1 N–H and O–H groups in total. The van der Waals surface area contributed by atoms with Crippen molar-refractivity contribution in [2.24, 2.45) is 5.92 Å². The first-order valence-corrected chi connectivity index (χ1v) is 7.43. The maximum absolute atomic E-state index is 11.5. The van der Waals surface area contributed by atoms with Gasteiger partial charge in [-0.1, -0.05) is 47.5 Å². The number of hydrogen-bond donors (Lipinski definition) is 1.